The Balaban J connectivity index is 2.00. The molecule has 100 valence electrons. The molecular weight excluding hydrogens is 262 g/mol. The summed E-state index contributed by atoms with van der Waals surface area (Å²) >= 11 is 0. The number of tetrazole rings is 1. The fraction of sp³-hybridized carbons (Fsp3) is 0. The maximum Gasteiger partial charge on any atom is 0.207 e. The van der Waals surface area contributed by atoms with Gasteiger partial charge in [0.2, 0.25) is 5.65 Å². The SMILES string of the molecule is c1ccc(-c2cc(-c3ccccc3)c3nnnn3n2)cc1. The van der Waals surface area contributed by atoms with E-state index in [-0.39, 0.29) is 0 Å². The molecule has 0 fully saturated rings. The minimum atomic E-state index is 0.654. The highest BCUT2D eigenvalue weighted by molar-refractivity contribution is 5.80. The van der Waals surface area contributed by atoms with Gasteiger partial charge in [0.05, 0.1) is 5.69 Å². The number of hydrogen-bond donors (Lipinski definition) is 0. The van der Waals surface area contributed by atoms with Crippen molar-refractivity contribution in [1.29, 1.82) is 0 Å². The van der Waals surface area contributed by atoms with Crippen LogP contribution < -0.4 is 0 Å². The average Bonchev–Trinajstić information content (AvgIpc) is 3.04. The monoisotopic (exact) mass is 273 g/mol. The Morgan fingerprint density at radius 3 is 2.14 bits per heavy atom. The zero-order valence-corrected chi connectivity index (χ0v) is 11.1. The summed E-state index contributed by atoms with van der Waals surface area (Å²) in [7, 11) is 0. The number of fused-ring (bicyclic) bond motifs is 1. The van der Waals surface area contributed by atoms with E-state index < -0.39 is 0 Å². The molecule has 0 N–H and O–H groups in total. The predicted molar refractivity (Wildman–Crippen MR) is 79.4 cm³/mol. The van der Waals surface area contributed by atoms with Gasteiger partial charge in [-0.15, -0.1) is 14.8 Å². The van der Waals surface area contributed by atoms with Gasteiger partial charge >= 0.3 is 0 Å². The molecule has 0 amide bonds. The second kappa shape index (κ2) is 4.79. The van der Waals surface area contributed by atoms with Crippen molar-refractivity contribution >= 4 is 5.65 Å². The van der Waals surface area contributed by atoms with Gasteiger partial charge in [0.15, 0.2) is 0 Å². The zero-order valence-electron chi connectivity index (χ0n) is 11.1. The van der Waals surface area contributed by atoms with Crippen molar-refractivity contribution in [3.05, 3.63) is 66.7 Å². The molecule has 5 heteroatoms. The highest BCUT2D eigenvalue weighted by atomic mass is 15.6. The Bertz CT molecular complexity index is 884. The first-order valence-electron chi connectivity index (χ1n) is 6.62. The summed E-state index contributed by atoms with van der Waals surface area (Å²) in [4.78, 5) is 0. The summed E-state index contributed by atoms with van der Waals surface area (Å²) in [6, 6.07) is 22.1. The quantitative estimate of drug-likeness (QED) is 0.563. The number of benzene rings is 2. The van der Waals surface area contributed by atoms with Gasteiger partial charge in [0, 0.05) is 11.1 Å². The van der Waals surface area contributed by atoms with Crippen molar-refractivity contribution in [2.45, 2.75) is 0 Å². The van der Waals surface area contributed by atoms with Gasteiger partial charge in [-0.2, -0.15) is 0 Å². The third kappa shape index (κ3) is 2.04. The molecule has 4 rings (SSSR count). The first-order valence-corrected chi connectivity index (χ1v) is 6.62. The number of hydrogen-bond acceptors (Lipinski definition) is 4. The molecule has 2 heterocycles. The van der Waals surface area contributed by atoms with E-state index >= 15 is 0 Å². The summed E-state index contributed by atoms with van der Waals surface area (Å²) in [5.41, 5.74) is 4.56. The van der Waals surface area contributed by atoms with E-state index in [4.69, 9.17) is 0 Å². The summed E-state index contributed by atoms with van der Waals surface area (Å²) in [6.07, 6.45) is 0. The standard InChI is InChI=1S/C16H11N5/c1-3-7-12(8-4-1)14-11-15(13-9-5-2-6-10-13)18-21-16(14)17-19-20-21/h1-11H. The Kier molecular flexibility index (Phi) is 2.67. The molecule has 0 bridgehead atoms. The lowest BCUT2D eigenvalue weighted by Crippen LogP contribution is -1.99. The Morgan fingerprint density at radius 2 is 1.43 bits per heavy atom. The molecule has 0 aliphatic rings. The second-order valence-electron chi connectivity index (χ2n) is 4.67. The van der Waals surface area contributed by atoms with Crippen molar-refractivity contribution in [2.75, 3.05) is 0 Å². The third-order valence-electron chi connectivity index (χ3n) is 3.33. The van der Waals surface area contributed by atoms with Crippen LogP contribution in [0, 0.1) is 0 Å². The molecule has 0 unspecified atom stereocenters. The van der Waals surface area contributed by atoms with Crippen molar-refractivity contribution in [3.8, 4) is 22.4 Å². The normalized spacial score (nSPS) is 10.9. The maximum atomic E-state index is 4.47. The molecule has 2 aromatic heterocycles. The van der Waals surface area contributed by atoms with Crippen LogP contribution >= 0.6 is 0 Å². The fourth-order valence-corrected chi connectivity index (χ4v) is 2.32. The van der Waals surface area contributed by atoms with Gasteiger partial charge in [-0.05, 0) is 22.1 Å². The van der Waals surface area contributed by atoms with Crippen LogP contribution in [0.2, 0.25) is 0 Å². The molecule has 0 saturated carbocycles. The van der Waals surface area contributed by atoms with E-state index in [9.17, 15) is 0 Å². The molecule has 0 atom stereocenters. The molecular formula is C16H11N5. The van der Waals surface area contributed by atoms with Gasteiger partial charge in [-0.25, -0.2) is 0 Å². The van der Waals surface area contributed by atoms with Gasteiger partial charge < -0.3 is 0 Å². The van der Waals surface area contributed by atoms with Crippen LogP contribution in [0.1, 0.15) is 0 Å². The minimum Gasteiger partial charge on any atom is -0.147 e. The smallest absolute Gasteiger partial charge is 0.147 e. The van der Waals surface area contributed by atoms with E-state index in [2.05, 4.69) is 20.6 Å². The topological polar surface area (TPSA) is 56.0 Å². The van der Waals surface area contributed by atoms with Crippen LogP contribution in [0.5, 0.6) is 0 Å². The van der Waals surface area contributed by atoms with Crippen molar-refractivity contribution in [2.24, 2.45) is 0 Å². The molecule has 0 aliphatic heterocycles. The highest BCUT2D eigenvalue weighted by Gasteiger charge is 2.11. The maximum absolute atomic E-state index is 4.47. The zero-order chi connectivity index (χ0) is 14.1. The Hall–Kier alpha value is -3.08. The molecule has 21 heavy (non-hydrogen) atoms. The predicted octanol–water partition coefficient (Wildman–Crippen LogP) is 2.85. The highest BCUT2D eigenvalue weighted by Crippen LogP contribution is 2.26. The van der Waals surface area contributed by atoms with Crippen LogP contribution in [0.3, 0.4) is 0 Å². The summed E-state index contributed by atoms with van der Waals surface area (Å²) in [5.74, 6) is 0. The van der Waals surface area contributed by atoms with Crippen molar-refractivity contribution < 1.29 is 0 Å². The lowest BCUT2D eigenvalue weighted by molar-refractivity contribution is 0.736. The molecule has 0 radical (unpaired) electrons. The fourth-order valence-electron chi connectivity index (χ4n) is 2.32. The van der Waals surface area contributed by atoms with E-state index in [0.29, 0.717) is 5.65 Å². The number of nitrogens with zero attached hydrogens (tertiary/aromatic N) is 5. The Labute approximate surface area is 120 Å². The average molecular weight is 273 g/mol. The first kappa shape index (κ1) is 11.7. The number of rotatable bonds is 2. The van der Waals surface area contributed by atoms with Crippen LogP contribution in [-0.2, 0) is 0 Å². The van der Waals surface area contributed by atoms with Crippen molar-refractivity contribution in [3.63, 3.8) is 0 Å². The van der Waals surface area contributed by atoms with Gasteiger partial charge in [-0.3, -0.25) is 0 Å². The van der Waals surface area contributed by atoms with Crippen LogP contribution in [0.25, 0.3) is 28.0 Å². The van der Waals surface area contributed by atoms with Gasteiger partial charge in [0.25, 0.3) is 0 Å². The molecule has 4 aromatic rings. The van der Waals surface area contributed by atoms with Crippen LogP contribution in [0.15, 0.2) is 66.7 Å². The molecule has 0 aliphatic carbocycles. The van der Waals surface area contributed by atoms with Gasteiger partial charge in [-0.1, -0.05) is 60.7 Å². The summed E-state index contributed by atoms with van der Waals surface area (Å²) in [6.45, 7) is 0. The summed E-state index contributed by atoms with van der Waals surface area (Å²) in [5, 5.41) is 16.2. The van der Waals surface area contributed by atoms with Crippen LogP contribution in [-0.4, -0.2) is 25.3 Å². The minimum absolute atomic E-state index is 0.654. The molecule has 0 saturated heterocycles. The number of aromatic nitrogens is 5. The van der Waals surface area contributed by atoms with E-state index in [1.54, 1.807) is 0 Å². The van der Waals surface area contributed by atoms with Crippen molar-refractivity contribution in [1.82, 2.24) is 25.3 Å². The summed E-state index contributed by atoms with van der Waals surface area (Å²) < 4.78 is 1.48. The molecule has 2 aromatic carbocycles. The largest absolute Gasteiger partial charge is 0.207 e. The van der Waals surface area contributed by atoms with Gasteiger partial charge in [0.1, 0.15) is 0 Å². The Morgan fingerprint density at radius 1 is 0.762 bits per heavy atom. The molecule has 5 nitrogen and oxygen atoms in total. The van der Waals surface area contributed by atoms with E-state index in [1.807, 2.05) is 66.7 Å². The first-order chi connectivity index (χ1) is 10.4. The van der Waals surface area contributed by atoms with Crippen LogP contribution in [0.4, 0.5) is 0 Å². The van der Waals surface area contributed by atoms with E-state index in [1.165, 1.54) is 4.63 Å². The third-order valence-corrected chi connectivity index (χ3v) is 3.33. The lowest BCUT2D eigenvalue weighted by Gasteiger charge is -2.06. The lowest BCUT2D eigenvalue weighted by atomic mass is 10.0. The second-order valence-corrected chi connectivity index (χ2v) is 4.67. The molecule has 0 spiro atoms. The van der Waals surface area contributed by atoms with E-state index in [0.717, 1.165) is 22.4 Å².